The highest BCUT2D eigenvalue weighted by atomic mass is 16.5. The second-order valence-corrected chi connectivity index (χ2v) is 7.25. The number of nitrogens with zero attached hydrogens (tertiary/aromatic N) is 4. The maximum Gasteiger partial charge on any atom is 0.161 e. The first-order valence-corrected chi connectivity index (χ1v) is 9.55. The highest BCUT2D eigenvalue weighted by molar-refractivity contribution is 5.61. The molecule has 7 heteroatoms. The third kappa shape index (κ3) is 5.36. The van der Waals surface area contributed by atoms with Crippen LogP contribution in [0.4, 0.5) is 0 Å². The molecule has 0 amide bonds. The predicted octanol–water partition coefficient (Wildman–Crippen LogP) is 3.39. The molecule has 150 valence electrons. The molecule has 1 aromatic carbocycles. The Hall–Kier alpha value is -2.80. The van der Waals surface area contributed by atoms with Gasteiger partial charge >= 0.3 is 0 Å². The molecular formula is C21H28N4O3. The summed E-state index contributed by atoms with van der Waals surface area (Å²) in [6.45, 7) is 8.05. The van der Waals surface area contributed by atoms with E-state index in [2.05, 4.69) is 9.97 Å². The van der Waals surface area contributed by atoms with Gasteiger partial charge in [0.1, 0.15) is 12.4 Å². The molecule has 3 rings (SSSR count). The molecule has 1 N–H and O–H groups in total. The molecule has 2 heterocycles. The van der Waals surface area contributed by atoms with E-state index in [1.54, 1.807) is 18.7 Å². The van der Waals surface area contributed by atoms with Crippen molar-refractivity contribution in [3.05, 3.63) is 49.3 Å². The molecule has 0 fully saturated rings. The van der Waals surface area contributed by atoms with E-state index in [1.807, 2.05) is 60.5 Å². The summed E-state index contributed by atoms with van der Waals surface area (Å²) in [6.07, 6.45) is 9.77. The van der Waals surface area contributed by atoms with Crippen LogP contribution in [-0.2, 0) is 13.1 Å². The van der Waals surface area contributed by atoms with E-state index < -0.39 is 5.60 Å². The van der Waals surface area contributed by atoms with E-state index in [0.29, 0.717) is 44.2 Å². The molecule has 7 nitrogen and oxygen atoms in total. The minimum Gasteiger partial charge on any atom is -0.490 e. The van der Waals surface area contributed by atoms with Gasteiger partial charge in [-0.25, -0.2) is 9.97 Å². The van der Waals surface area contributed by atoms with Gasteiger partial charge in [-0.2, -0.15) is 0 Å². The lowest BCUT2D eigenvalue weighted by Crippen LogP contribution is -2.21. The zero-order valence-electron chi connectivity index (χ0n) is 16.7. The van der Waals surface area contributed by atoms with Crippen molar-refractivity contribution < 1.29 is 14.6 Å². The van der Waals surface area contributed by atoms with Crippen molar-refractivity contribution in [3.8, 4) is 22.9 Å². The summed E-state index contributed by atoms with van der Waals surface area (Å²) in [4.78, 5) is 8.52. The van der Waals surface area contributed by atoms with Crippen LogP contribution in [0.25, 0.3) is 11.4 Å². The van der Waals surface area contributed by atoms with Gasteiger partial charge in [0.2, 0.25) is 0 Å². The first-order chi connectivity index (χ1) is 13.5. The van der Waals surface area contributed by atoms with Crippen molar-refractivity contribution in [2.24, 2.45) is 0 Å². The molecule has 0 aliphatic heterocycles. The van der Waals surface area contributed by atoms with Crippen LogP contribution in [0.3, 0.4) is 0 Å². The molecule has 0 saturated heterocycles. The van der Waals surface area contributed by atoms with Gasteiger partial charge in [-0.3, -0.25) is 0 Å². The van der Waals surface area contributed by atoms with Crippen LogP contribution in [-0.4, -0.2) is 43.0 Å². The number of aryl methyl sites for hydroxylation is 1. The molecule has 0 aliphatic carbocycles. The number of benzene rings is 1. The molecule has 3 aromatic rings. The highest BCUT2D eigenvalue weighted by Gasteiger charge is 2.15. The average molecular weight is 384 g/mol. The molecule has 28 heavy (non-hydrogen) atoms. The van der Waals surface area contributed by atoms with Crippen LogP contribution in [0, 0.1) is 0 Å². The second kappa shape index (κ2) is 8.93. The minimum absolute atomic E-state index is 0.524. The van der Waals surface area contributed by atoms with Gasteiger partial charge in [0.25, 0.3) is 0 Å². The Morgan fingerprint density at radius 3 is 2.64 bits per heavy atom. The van der Waals surface area contributed by atoms with E-state index in [-0.39, 0.29) is 0 Å². The van der Waals surface area contributed by atoms with E-state index >= 15 is 0 Å². The Balaban J connectivity index is 1.74. The van der Waals surface area contributed by atoms with E-state index in [4.69, 9.17) is 9.47 Å². The van der Waals surface area contributed by atoms with Crippen LogP contribution in [0.15, 0.2) is 49.3 Å². The van der Waals surface area contributed by atoms with Gasteiger partial charge in [0.05, 0.1) is 25.1 Å². The molecular weight excluding hydrogens is 356 g/mol. The Morgan fingerprint density at radius 1 is 1.07 bits per heavy atom. The van der Waals surface area contributed by atoms with Gasteiger partial charge in [0, 0.05) is 36.9 Å². The van der Waals surface area contributed by atoms with Crippen molar-refractivity contribution in [3.63, 3.8) is 0 Å². The summed E-state index contributed by atoms with van der Waals surface area (Å²) in [5.74, 6) is 2.25. The van der Waals surface area contributed by atoms with Crippen molar-refractivity contribution in [2.75, 3.05) is 13.2 Å². The molecule has 0 bridgehead atoms. The Bertz CT molecular complexity index is 866. The maximum absolute atomic E-state index is 10.0. The topological polar surface area (TPSA) is 74.3 Å². The lowest BCUT2D eigenvalue weighted by molar-refractivity contribution is 0.0663. The highest BCUT2D eigenvalue weighted by Crippen LogP contribution is 2.32. The number of rotatable bonds is 10. The maximum atomic E-state index is 10.0. The van der Waals surface area contributed by atoms with Gasteiger partial charge < -0.3 is 23.7 Å². The standard InChI is InChI=1S/C21H28N4O3/c1-4-27-19-15-17(20-23-9-12-25(20)10-7-21(2,3)26)5-6-18(19)28-14-13-24-11-8-22-16-24/h5-6,8-9,11-12,15-16,26H,4,7,10,13-14H2,1-3H3. The Labute approximate surface area is 165 Å². The van der Waals surface area contributed by atoms with Crippen LogP contribution >= 0.6 is 0 Å². The van der Waals surface area contributed by atoms with Crippen molar-refractivity contribution in [1.29, 1.82) is 0 Å². The molecule has 0 unspecified atom stereocenters. The van der Waals surface area contributed by atoms with E-state index in [1.165, 1.54) is 0 Å². The average Bonchev–Trinajstić information content (AvgIpc) is 3.32. The van der Waals surface area contributed by atoms with E-state index in [0.717, 1.165) is 11.4 Å². The summed E-state index contributed by atoms with van der Waals surface area (Å²) in [7, 11) is 0. The SMILES string of the molecule is CCOc1cc(-c2nccn2CCC(C)(C)O)ccc1OCCn1ccnc1. The second-order valence-electron chi connectivity index (χ2n) is 7.25. The summed E-state index contributed by atoms with van der Waals surface area (Å²) in [5, 5.41) is 10.0. The molecule has 0 aliphatic rings. The summed E-state index contributed by atoms with van der Waals surface area (Å²) in [6, 6.07) is 5.86. The number of aromatic nitrogens is 4. The van der Waals surface area contributed by atoms with Gasteiger partial charge in [-0.15, -0.1) is 0 Å². The van der Waals surface area contributed by atoms with Crippen molar-refractivity contribution in [2.45, 2.75) is 45.9 Å². The third-order valence-corrected chi connectivity index (χ3v) is 4.35. The van der Waals surface area contributed by atoms with Gasteiger partial charge in [-0.05, 0) is 45.4 Å². The van der Waals surface area contributed by atoms with Crippen LogP contribution < -0.4 is 9.47 Å². The van der Waals surface area contributed by atoms with Crippen LogP contribution in [0.5, 0.6) is 11.5 Å². The fourth-order valence-electron chi connectivity index (χ4n) is 2.86. The molecule has 0 saturated carbocycles. The number of aliphatic hydroxyl groups is 1. The lowest BCUT2D eigenvalue weighted by Gasteiger charge is -2.18. The quantitative estimate of drug-likeness (QED) is 0.580. The minimum atomic E-state index is -0.717. The number of ether oxygens (including phenoxy) is 2. The fraction of sp³-hybridized carbons (Fsp3) is 0.429. The number of hydrogen-bond donors (Lipinski definition) is 1. The van der Waals surface area contributed by atoms with Crippen LogP contribution in [0.1, 0.15) is 27.2 Å². The summed E-state index contributed by atoms with van der Waals surface area (Å²) < 4.78 is 15.7. The first-order valence-electron chi connectivity index (χ1n) is 9.55. The summed E-state index contributed by atoms with van der Waals surface area (Å²) in [5.41, 5.74) is 0.233. The molecule has 2 aromatic heterocycles. The predicted molar refractivity (Wildman–Crippen MR) is 107 cm³/mol. The molecule has 0 atom stereocenters. The van der Waals surface area contributed by atoms with Crippen molar-refractivity contribution >= 4 is 0 Å². The first kappa shape index (κ1) is 19.9. The largest absolute Gasteiger partial charge is 0.490 e. The molecule has 0 radical (unpaired) electrons. The monoisotopic (exact) mass is 384 g/mol. The Kier molecular flexibility index (Phi) is 6.36. The zero-order valence-corrected chi connectivity index (χ0v) is 16.7. The van der Waals surface area contributed by atoms with Crippen LogP contribution in [0.2, 0.25) is 0 Å². The fourth-order valence-corrected chi connectivity index (χ4v) is 2.86. The van der Waals surface area contributed by atoms with E-state index in [9.17, 15) is 5.11 Å². The van der Waals surface area contributed by atoms with Gasteiger partial charge in [-0.1, -0.05) is 0 Å². The Morgan fingerprint density at radius 2 is 1.93 bits per heavy atom. The molecule has 0 spiro atoms. The smallest absolute Gasteiger partial charge is 0.161 e. The van der Waals surface area contributed by atoms with Gasteiger partial charge in [0.15, 0.2) is 11.5 Å². The number of imidazole rings is 2. The normalized spacial score (nSPS) is 11.6. The summed E-state index contributed by atoms with van der Waals surface area (Å²) >= 11 is 0. The van der Waals surface area contributed by atoms with Crippen molar-refractivity contribution in [1.82, 2.24) is 19.1 Å². The number of hydrogen-bond acceptors (Lipinski definition) is 5. The third-order valence-electron chi connectivity index (χ3n) is 4.35. The lowest BCUT2D eigenvalue weighted by atomic mass is 10.1. The zero-order chi connectivity index (χ0) is 20.0.